The van der Waals surface area contributed by atoms with Crippen LogP contribution >= 0.6 is 0 Å². The van der Waals surface area contributed by atoms with E-state index in [0.717, 1.165) is 4.90 Å². The summed E-state index contributed by atoms with van der Waals surface area (Å²) < 4.78 is 13.5. The van der Waals surface area contributed by atoms with Crippen LogP contribution in [0, 0.1) is 5.82 Å². The molecule has 8 heteroatoms. The molecule has 2 aliphatic rings. The van der Waals surface area contributed by atoms with E-state index in [1.54, 1.807) is 17.0 Å². The summed E-state index contributed by atoms with van der Waals surface area (Å²) in [5.41, 5.74) is 0.687. The first-order chi connectivity index (χ1) is 11.5. The van der Waals surface area contributed by atoms with Gasteiger partial charge in [-0.15, -0.1) is 0 Å². The van der Waals surface area contributed by atoms with Crippen molar-refractivity contribution in [2.75, 3.05) is 39.8 Å². The Bertz CT molecular complexity index is 681. The van der Waals surface area contributed by atoms with Crippen LogP contribution in [0.5, 0.6) is 0 Å². The molecular weight excluding hydrogens is 315 g/mol. The topological polar surface area (TPSA) is 73.0 Å². The van der Waals surface area contributed by atoms with Gasteiger partial charge < -0.3 is 15.1 Å². The number of likely N-dealkylation sites (N-methyl/N-ethyl adjacent to an activating group) is 1. The SMILES string of the molecule is CN1CC(=O)N(CC(=O)N2CCNCC2c2cccc(F)c2)C1=O. The minimum Gasteiger partial charge on any atom is -0.332 e. The van der Waals surface area contributed by atoms with E-state index in [2.05, 4.69) is 5.32 Å². The Hall–Kier alpha value is -2.48. The molecule has 2 aliphatic heterocycles. The van der Waals surface area contributed by atoms with Crippen LogP contribution in [0.4, 0.5) is 9.18 Å². The van der Waals surface area contributed by atoms with Crippen molar-refractivity contribution in [2.24, 2.45) is 0 Å². The number of urea groups is 1. The largest absolute Gasteiger partial charge is 0.332 e. The third-order valence-corrected chi connectivity index (χ3v) is 4.32. The molecule has 2 heterocycles. The third kappa shape index (κ3) is 3.09. The summed E-state index contributed by atoms with van der Waals surface area (Å²) >= 11 is 0. The molecule has 4 amide bonds. The number of benzene rings is 1. The molecule has 1 N–H and O–H groups in total. The lowest BCUT2D eigenvalue weighted by atomic mass is 10.0. The van der Waals surface area contributed by atoms with Crippen molar-refractivity contribution in [1.82, 2.24) is 20.0 Å². The standard InChI is InChI=1S/C16H19FN4O3/c1-19-9-14(22)21(16(19)24)10-15(23)20-6-5-18-8-13(20)11-3-2-4-12(17)7-11/h2-4,7,13,18H,5-6,8-10H2,1H3. The Morgan fingerprint density at radius 3 is 2.83 bits per heavy atom. The van der Waals surface area contributed by atoms with Gasteiger partial charge in [0.05, 0.1) is 6.04 Å². The van der Waals surface area contributed by atoms with Crippen molar-refractivity contribution in [3.8, 4) is 0 Å². The number of piperazine rings is 1. The minimum absolute atomic E-state index is 0.0129. The predicted molar refractivity (Wildman–Crippen MR) is 83.5 cm³/mol. The summed E-state index contributed by atoms with van der Waals surface area (Å²) in [6.07, 6.45) is 0. The summed E-state index contributed by atoms with van der Waals surface area (Å²) in [6, 6.07) is 5.32. The van der Waals surface area contributed by atoms with Crippen molar-refractivity contribution >= 4 is 17.8 Å². The molecule has 1 unspecified atom stereocenters. The quantitative estimate of drug-likeness (QED) is 0.801. The maximum atomic E-state index is 13.5. The minimum atomic E-state index is -0.467. The normalized spacial score (nSPS) is 21.6. The Balaban J connectivity index is 1.77. The maximum Gasteiger partial charge on any atom is 0.327 e. The molecule has 0 spiro atoms. The van der Waals surface area contributed by atoms with Crippen LogP contribution < -0.4 is 5.32 Å². The molecule has 0 radical (unpaired) electrons. The Labute approximate surface area is 139 Å². The average Bonchev–Trinajstić information content (AvgIpc) is 2.81. The number of carbonyl (C=O) groups is 3. The molecule has 0 aromatic heterocycles. The highest BCUT2D eigenvalue weighted by atomic mass is 19.1. The number of hydrogen-bond acceptors (Lipinski definition) is 4. The van der Waals surface area contributed by atoms with E-state index in [-0.39, 0.29) is 36.8 Å². The van der Waals surface area contributed by atoms with E-state index in [4.69, 9.17) is 0 Å². The Morgan fingerprint density at radius 2 is 2.17 bits per heavy atom. The summed E-state index contributed by atoms with van der Waals surface area (Å²) in [6.45, 7) is 1.25. The molecule has 0 saturated carbocycles. The molecule has 2 fully saturated rings. The van der Waals surface area contributed by atoms with E-state index >= 15 is 0 Å². The molecule has 0 aliphatic carbocycles. The van der Waals surface area contributed by atoms with E-state index in [1.165, 1.54) is 24.1 Å². The monoisotopic (exact) mass is 334 g/mol. The average molecular weight is 334 g/mol. The van der Waals surface area contributed by atoms with Gasteiger partial charge in [0.2, 0.25) is 5.91 Å². The van der Waals surface area contributed by atoms with E-state index in [9.17, 15) is 18.8 Å². The van der Waals surface area contributed by atoms with Crippen LogP contribution in [-0.4, -0.2) is 72.3 Å². The lowest BCUT2D eigenvalue weighted by Gasteiger charge is -2.37. The molecule has 128 valence electrons. The van der Waals surface area contributed by atoms with Crippen LogP contribution in [0.1, 0.15) is 11.6 Å². The smallest absolute Gasteiger partial charge is 0.327 e. The van der Waals surface area contributed by atoms with Crippen LogP contribution in [0.25, 0.3) is 0 Å². The van der Waals surface area contributed by atoms with Crippen LogP contribution in [0.3, 0.4) is 0 Å². The molecule has 2 saturated heterocycles. The summed E-state index contributed by atoms with van der Waals surface area (Å²) in [5.74, 6) is -1.06. The molecule has 0 bridgehead atoms. The van der Waals surface area contributed by atoms with Gasteiger partial charge in [-0.25, -0.2) is 9.18 Å². The first-order valence-corrected chi connectivity index (χ1v) is 7.78. The fourth-order valence-corrected chi connectivity index (χ4v) is 3.07. The number of imide groups is 1. The van der Waals surface area contributed by atoms with E-state index in [0.29, 0.717) is 25.2 Å². The number of nitrogens with one attached hydrogen (secondary N) is 1. The van der Waals surface area contributed by atoms with Gasteiger partial charge in [0, 0.05) is 26.7 Å². The van der Waals surface area contributed by atoms with E-state index in [1.807, 2.05) is 0 Å². The Morgan fingerprint density at radius 1 is 1.38 bits per heavy atom. The first kappa shape index (κ1) is 16.4. The third-order valence-electron chi connectivity index (χ3n) is 4.32. The highest BCUT2D eigenvalue weighted by molar-refractivity contribution is 6.04. The molecular formula is C16H19FN4O3. The van der Waals surface area contributed by atoms with Gasteiger partial charge >= 0.3 is 6.03 Å². The van der Waals surface area contributed by atoms with Crippen molar-refractivity contribution in [3.05, 3.63) is 35.6 Å². The van der Waals surface area contributed by atoms with Crippen LogP contribution in [0.2, 0.25) is 0 Å². The molecule has 24 heavy (non-hydrogen) atoms. The number of hydrogen-bond donors (Lipinski definition) is 1. The Kier molecular flexibility index (Phi) is 4.48. The van der Waals surface area contributed by atoms with Crippen LogP contribution in [-0.2, 0) is 9.59 Å². The molecule has 7 nitrogen and oxygen atoms in total. The van der Waals surface area contributed by atoms with Gasteiger partial charge in [-0.3, -0.25) is 14.5 Å². The highest BCUT2D eigenvalue weighted by Crippen LogP contribution is 2.23. The van der Waals surface area contributed by atoms with Crippen molar-refractivity contribution in [2.45, 2.75) is 6.04 Å². The number of carbonyl (C=O) groups excluding carboxylic acids is 3. The first-order valence-electron chi connectivity index (χ1n) is 7.78. The van der Waals surface area contributed by atoms with E-state index < -0.39 is 6.03 Å². The van der Waals surface area contributed by atoms with Gasteiger partial charge in [-0.05, 0) is 17.7 Å². The van der Waals surface area contributed by atoms with Gasteiger partial charge in [0.1, 0.15) is 18.9 Å². The van der Waals surface area contributed by atoms with Gasteiger partial charge in [-0.2, -0.15) is 0 Å². The second kappa shape index (κ2) is 6.56. The number of amides is 4. The highest BCUT2D eigenvalue weighted by Gasteiger charge is 2.37. The van der Waals surface area contributed by atoms with Gasteiger partial charge in [0.25, 0.3) is 5.91 Å². The maximum absolute atomic E-state index is 13.5. The van der Waals surface area contributed by atoms with Crippen LogP contribution in [0.15, 0.2) is 24.3 Å². The van der Waals surface area contributed by atoms with Crippen molar-refractivity contribution in [1.29, 1.82) is 0 Å². The molecule has 1 atom stereocenters. The zero-order valence-corrected chi connectivity index (χ0v) is 13.4. The lowest BCUT2D eigenvalue weighted by Crippen LogP contribution is -2.52. The predicted octanol–water partition coefficient (Wildman–Crippen LogP) is 0.193. The molecule has 1 aromatic carbocycles. The van der Waals surface area contributed by atoms with Crippen molar-refractivity contribution in [3.63, 3.8) is 0 Å². The number of rotatable bonds is 3. The number of nitrogens with zero attached hydrogens (tertiary/aromatic N) is 3. The molecule has 3 rings (SSSR count). The zero-order chi connectivity index (χ0) is 17.3. The molecule has 1 aromatic rings. The second-order valence-electron chi connectivity index (χ2n) is 5.98. The fourth-order valence-electron chi connectivity index (χ4n) is 3.07. The van der Waals surface area contributed by atoms with Gasteiger partial charge in [0.15, 0.2) is 0 Å². The summed E-state index contributed by atoms with van der Waals surface area (Å²) in [5, 5.41) is 3.18. The fraction of sp³-hybridized carbons (Fsp3) is 0.438. The lowest BCUT2D eigenvalue weighted by molar-refractivity contribution is -0.139. The van der Waals surface area contributed by atoms with Gasteiger partial charge in [-0.1, -0.05) is 12.1 Å². The van der Waals surface area contributed by atoms with Crippen molar-refractivity contribution < 1.29 is 18.8 Å². The zero-order valence-electron chi connectivity index (χ0n) is 13.4. The summed E-state index contributed by atoms with van der Waals surface area (Å²) in [4.78, 5) is 40.3. The number of halogens is 1. The second-order valence-corrected chi connectivity index (χ2v) is 5.98. The summed E-state index contributed by atoms with van der Waals surface area (Å²) in [7, 11) is 1.52.